The van der Waals surface area contributed by atoms with Gasteiger partial charge in [-0.1, -0.05) is 20.8 Å². The van der Waals surface area contributed by atoms with Gasteiger partial charge < -0.3 is 9.47 Å². The Morgan fingerprint density at radius 3 is 2.35 bits per heavy atom. The molecule has 0 saturated heterocycles. The predicted molar refractivity (Wildman–Crippen MR) is 67.4 cm³/mol. The summed E-state index contributed by atoms with van der Waals surface area (Å²) in [6.45, 7) is 8.10. The molecule has 1 heterocycles. The van der Waals surface area contributed by atoms with Gasteiger partial charge in [0.1, 0.15) is 11.1 Å². The van der Waals surface area contributed by atoms with Gasteiger partial charge in [0.15, 0.2) is 5.69 Å². The number of nitrogens with zero attached hydrogens (tertiary/aromatic N) is 1. The number of carbonyl (C=O) groups is 1. The molecule has 1 aromatic rings. The van der Waals surface area contributed by atoms with Crippen molar-refractivity contribution in [3.63, 3.8) is 0 Å². The highest BCUT2D eigenvalue weighted by Gasteiger charge is 2.30. The van der Waals surface area contributed by atoms with Crippen LogP contribution in [0.25, 0.3) is 0 Å². The number of methoxy groups -OCH3 is 2. The molecule has 0 amide bonds. The van der Waals surface area contributed by atoms with Crippen molar-refractivity contribution in [2.45, 2.75) is 33.8 Å². The zero-order chi connectivity index (χ0) is 13.2. The Morgan fingerprint density at radius 2 is 1.94 bits per heavy atom. The van der Waals surface area contributed by atoms with E-state index in [9.17, 15) is 4.79 Å². The highest BCUT2D eigenvalue weighted by molar-refractivity contribution is 7.11. The number of thiazole rings is 1. The number of aryl methyl sites for hydroxylation is 1. The van der Waals surface area contributed by atoms with Crippen molar-refractivity contribution in [3.8, 4) is 0 Å². The second-order valence-electron chi connectivity index (χ2n) is 4.93. The van der Waals surface area contributed by atoms with Gasteiger partial charge in [-0.2, -0.15) is 0 Å². The maximum absolute atomic E-state index is 11.5. The Labute approximate surface area is 106 Å². The zero-order valence-electron chi connectivity index (χ0n) is 11.2. The lowest BCUT2D eigenvalue weighted by Gasteiger charge is -2.27. The molecule has 17 heavy (non-hydrogen) atoms. The minimum Gasteiger partial charge on any atom is -0.464 e. The van der Waals surface area contributed by atoms with Gasteiger partial charge in [0.2, 0.25) is 0 Å². The first-order valence-corrected chi connectivity index (χ1v) is 6.21. The Kier molecular flexibility index (Phi) is 4.27. The summed E-state index contributed by atoms with van der Waals surface area (Å²) in [5.41, 5.74) is 0.325. The summed E-state index contributed by atoms with van der Waals surface area (Å²) in [7, 11) is 3.02. The summed E-state index contributed by atoms with van der Waals surface area (Å²) in [5, 5.41) is 0.818. The monoisotopic (exact) mass is 257 g/mol. The molecule has 0 aliphatic rings. The average Bonchev–Trinajstić information content (AvgIpc) is 2.58. The van der Waals surface area contributed by atoms with Crippen LogP contribution in [0.3, 0.4) is 0 Å². The summed E-state index contributed by atoms with van der Waals surface area (Å²) in [4.78, 5) is 16.7. The van der Waals surface area contributed by atoms with E-state index in [1.807, 2.05) is 6.92 Å². The van der Waals surface area contributed by atoms with Crippen LogP contribution in [0, 0.1) is 12.3 Å². The van der Waals surface area contributed by atoms with E-state index in [0.717, 1.165) is 9.88 Å². The lowest BCUT2D eigenvalue weighted by atomic mass is 9.89. The molecule has 96 valence electrons. The maximum Gasteiger partial charge on any atom is 0.357 e. The topological polar surface area (TPSA) is 48.4 Å². The molecule has 0 bridgehead atoms. The Bertz CT molecular complexity index is 406. The molecular formula is C12H19NO3S. The molecule has 1 unspecified atom stereocenters. The van der Waals surface area contributed by atoms with Gasteiger partial charge in [-0.05, 0) is 12.3 Å². The van der Waals surface area contributed by atoms with Crippen LogP contribution < -0.4 is 0 Å². The van der Waals surface area contributed by atoms with E-state index >= 15 is 0 Å². The smallest absolute Gasteiger partial charge is 0.357 e. The third-order valence-corrected chi connectivity index (χ3v) is 3.45. The zero-order valence-corrected chi connectivity index (χ0v) is 12.0. The number of carbonyl (C=O) groups excluding carboxylic acids is 1. The highest BCUT2D eigenvalue weighted by Crippen LogP contribution is 2.38. The molecule has 5 heteroatoms. The van der Waals surface area contributed by atoms with Crippen molar-refractivity contribution in [1.82, 2.24) is 4.98 Å². The van der Waals surface area contributed by atoms with Gasteiger partial charge in [-0.15, -0.1) is 11.3 Å². The van der Waals surface area contributed by atoms with Crippen LogP contribution in [-0.4, -0.2) is 25.2 Å². The van der Waals surface area contributed by atoms with E-state index in [1.165, 1.54) is 18.4 Å². The van der Waals surface area contributed by atoms with Gasteiger partial charge in [-0.25, -0.2) is 9.78 Å². The number of hydrogen-bond acceptors (Lipinski definition) is 5. The third kappa shape index (κ3) is 3.04. The first kappa shape index (κ1) is 14.1. The molecular weight excluding hydrogens is 238 g/mol. The lowest BCUT2D eigenvalue weighted by molar-refractivity contribution is 0.0148. The lowest BCUT2D eigenvalue weighted by Crippen LogP contribution is -2.20. The van der Waals surface area contributed by atoms with Crippen molar-refractivity contribution in [2.24, 2.45) is 5.41 Å². The fourth-order valence-electron chi connectivity index (χ4n) is 1.64. The molecule has 0 spiro atoms. The summed E-state index contributed by atoms with van der Waals surface area (Å²) in [6, 6.07) is 0. The molecule has 1 aromatic heterocycles. The van der Waals surface area contributed by atoms with E-state index in [1.54, 1.807) is 7.11 Å². The van der Waals surface area contributed by atoms with Crippen molar-refractivity contribution in [1.29, 1.82) is 0 Å². The molecule has 0 fully saturated rings. The number of rotatable bonds is 3. The van der Waals surface area contributed by atoms with E-state index < -0.39 is 5.97 Å². The van der Waals surface area contributed by atoms with Crippen molar-refractivity contribution >= 4 is 17.3 Å². The minimum absolute atomic E-state index is 0.0631. The van der Waals surface area contributed by atoms with Crippen LogP contribution in [0.15, 0.2) is 0 Å². The van der Waals surface area contributed by atoms with E-state index in [2.05, 4.69) is 25.8 Å². The van der Waals surface area contributed by atoms with Crippen LogP contribution in [0.5, 0.6) is 0 Å². The van der Waals surface area contributed by atoms with Gasteiger partial charge in [-0.3, -0.25) is 0 Å². The van der Waals surface area contributed by atoms with Crippen LogP contribution in [0.1, 0.15) is 47.2 Å². The van der Waals surface area contributed by atoms with Crippen LogP contribution in [-0.2, 0) is 9.47 Å². The number of hydrogen-bond donors (Lipinski definition) is 0. The summed E-state index contributed by atoms with van der Waals surface area (Å²) >= 11 is 1.48. The SMILES string of the molecule is COC(=O)c1nc(C(OC)C(C)(C)C)sc1C. The molecule has 0 aromatic carbocycles. The van der Waals surface area contributed by atoms with Gasteiger partial charge in [0.05, 0.1) is 7.11 Å². The van der Waals surface area contributed by atoms with E-state index in [-0.39, 0.29) is 11.5 Å². The molecule has 0 aliphatic carbocycles. The molecule has 1 rings (SSSR count). The second kappa shape index (κ2) is 5.14. The van der Waals surface area contributed by atoms with Gasteiger partial charge in [0, 0.05) is 12.0 Å². The Hall–Kier alpha value is -0.940. The summed E-state index contributed by atoms with van der Waals surface area (Å²) in [5.74, 6) is -0.395. The first-order chi connectivity index (χ1) is 7.81. The van der Waals surface area contributed by atoms with Crippen molar-refractivity contribution < 1.29 is 14.3 Å². The quantitative estimate of drug-likeness (QED) is 0.781. The second-order valence-corrected chi connectivity index (χ2v) is 6.17. The number of aromatic nitrogens is 1. The van der Waals surface area contributed by atoms with Crippen LogP contribution >= 0.6 is 11.3 Å². The standard InChI is InChI=1S/C12H19NO3S/c1-7-8(11(14)16-6)13-10(17-7)9(15-5)12(2,3)4/h9H,1-6H3. The Balaban J connectivity index is 3.12. The first-order valence-electron chi connectivity index (χ1n) is 5.39. The van der Waals surface area contributed by atoms with Crippen LogP contribution in [0.4, 0.5) is 0 Å². The normalized spacial score (nSPS) is 13.5. The third-order valence-electron chi connectivity index (χ3n) is 2.44. The summed E-state index contributed by atoms with van der Waals surface area (Å²) in [6.07, 6.45) is -0.121. The fraction of sp³-hybridized carbons (Fsp3) is 0.667. The molecule has 4 nitrogen and oxygen atoms in total. The van der Waals surface area contributed by atoms with Crippen LogP contribution in [0.2, 0.25) is 0 Å². The molecule has 0 aliphatic heterocycles. The van der Waals surface area contributed by atoms with E-state index in [4.69, 9.17) is 9.47 Å². The maximum atomic E-state index is 11.5. The molecule has 1 atom stereocenters. The van der Waals surface area contributed by atoms with Gasteiger partial charge >= 0.3 is 5.97 Å². The Morgan fingerprint density at radius 1 is 1.35 bits per heavy atom. The predicted octanol–water partition coefficient (Wildman–Crippen LogP) is 2.97. The number of ether oxygens (including phenoxy) is 2. The minimum atomic E-state index is -0.395. The number of esters is 1. The van der Waals surface area contributed by atoms with Crippen molar-refractivity contribution in [2.75, 3.05) is 14.2 Å². The molecule has 0 saturated carbocycles. The van der Waals surface area contributed by atoms with E-state index in [0.29, 0.717) is 5.69 Å². The van der Waals surface area contributed by atoms with Gasteiger partial charge in [0.25, 0.3) is 0 Å². The van der Waals surface area contributed by atoms with Crippen molar-refractivity contribution in [3.05, 3.63) is 15.6 Å². The fourth-order valence-corrected chi connectivity index (χ4v) is 2.87. The largest absolute Gasteiger partial charge is 0.464 e. The summed E-state index contributed by atoms with van der Waals surface area (Å²) < 4.78 is 10.2. The molecule has 0 N–H and O–H groups in total. The molecule has 0 radical (unpaired) electrons. The highest BCUT2D eigenvalue weighted by atomic mass is 32.1. The average molecular weight is 257 g/mol.